The van der Waals surface area contributed by atoms with E-state index in [1.54, 1.807) is 0 Å². The van der Waals surface area contributed by atoms with Crippen LogP contribution < -0.4 is 25.2 Å². The predicted octanol–water partition coefficient (Wildman–Crippen LogP) is -0.126. The number of nitrogens with two attached hydrogens (primary N) is 1. The van der Waals surface area contributed by atoms with Gasteiger partial charge in [0.05, 0.1) is 23.7 Å². The lowest BCUT2D eigenvalue weighted by molar-refractivity contribution is -0.117. The second-order valence-corrected chi connectivity index (χ2v) is 6.17. The molecule has 1 aliphatic heterocycles. The molecule has 1 aliphatic rings. The van der Waals surface area contributed by atoms with Crippen molar-refractivity contribution in [2.24, 2.45) is 0 Å². The van der Waals surface area contributed by atoms with Gasteiger partial charge in [-0.2, -0.15) is 0 Å². The molecule has 0 aliphatic carbocycles. The van der Waals surface area contributed by atoms with E-state index in [9.17, 15) is 13.2 Å². The molecular weight excluding hydrogens is 286 g/mol. The Balaban J connectivity index is 2.12. The molecule has 4 N–H and O–H groups in total. The van der Waals surface area contributed by atoms with Crippen molar-refractivity contribution in [2.45, 2.75) is 13.0 Å². The normalized spacial score (nSPS) is 14.9. The summed E-state index contributed by atoms with van der Waals surface area (Å²) >= 11 is 0. The number of nitrogen functional groups attached to an aromatic ring is 1. The van der Waals surface area contributed by atoms with Gasteiger partial charge in [0.1, 0.15) is 0 Å². The minimum Gasteiger partial charge on any atom is -0.454 e. The van der Waals surface area contributed by atoms with E-state index in [1.165, 1.54) is 19.1 Å². The molecule has 20 heavy (non-hydrogen) atoms. The van der Waals surface area contributed by atoms with Gasteiger partial charge in [0.15, 0.2) is 11.5 Å². The van der Waals surface area contributed by atoms with E-state index in [4.69, 9.17) is 15.2 Å². The van der Waals surface area contributed by atoms with E-state index in [0.29, 0.717) is 22.9 Å². The van der Waals surface area contributed by atoms with Crippen LogP contribution in [0.25, 0.3) is 0 Å². The van der Waals surface area contributed by atoms with Crippen LogP contribution in [0.15, 0.2) is 12.1 Å². The van der Waals surface area contributed by atoms with E-state index in [0.717, 1.165) is 6.26 Å². The number of ether oxygens (including phenoxy) is 2. The third kappa shape index (κ3) is 3.31. The molecule has 2 rings (SSSR count). The summed E-state index contributed by atoms with van der Waals surface area (Å²) in [6, 6.07) is 2.14. The molecule has 0 aromatic heterocycles. The van der Waals surface area contributed by atoms with Crippen LogP contribution in [0.3, 0.4) is 0 Å². The minimum atomic E-state index is -3.47. The van der Waals surface area contributed by atoms with E-state index in [1.807, 2.05) is 0 Å². The molecule has 1 amide bonds. The van der Waals surface area contributed by atoms with Gasteiger partial charge in [-0.05, 0) is 6.92 Å². The van der Waals surface area contributed by atoms with Crippen molar-refractivity contribution in [3.8, 4) is 11.5 Å². The molecule has 0 spiro atoms. The Morgan fingerprint density at radius 2 is 1.95 bits per heavy atom. The summed E-state index contributed by atoms with van der Waals surface area (Å²) in [5.74, 6) is 0.446. The summed E-state index contributed by atoms with van der Waals surface area (Å²) in [6.07, 6.45) is 0.978. The number of anilines is 2. The fourth-order valence-corrected chi connectivity index (χ4v) is 2.43. The van der Waals surface area contributed by atoms with Crippen molar-refractivity contribution in [3.05, 3.63) is 12.1 Å². The third-order valence-corrected chi connectivity index (χ3v) is 3.37. The van der Waals surface area contributed by atoms with Crippen molar-refractivity contribution >= 4 is 27.3 Å². The van der Waals surface area contributed by atoms with Gasteiger partial charge in [0.2, 0.25) is 22.7 Å². The number of amides is 1. The van der Waals surface area contributed by atoms with Crippen LogP contribution in [-0.4, -0.2) is 33.4 Å². The van der Waals surface area contributed by atoms with Gasteiger partial charge >= 0.3 is 0 Å². The van der Waals surface area contributed by atoms with Crippen LogP contribution in [-0.2, 0) is 14.8 Å². The SMILES string of the molecule is CC(NS(C)(=O)=O)C(=O)Nc1cc2c(cc1N)OCO2. The number of nitrogens with one attached hydrogen (secondary N) is 2. The third-order valence-electron chi connectivity index (χ3n) is 2.59. The molecule has 1 aromatic rings. The van der Waals surface area contributed by atoms with Gasteiger partial charge in [-0.1, -0.05) is 0 Å². The number of carbonyl (C=O) groups is 1. The topological polar surface area (TPSA) is 120 Å². The number of hydrogen-bond donors (Lipinski definition) is 3. The number of hydrogen-bond acceptors (Lipinski definition) is 6. The highest BCUT2D eigenvalue weighted by atomic mass is 32.2. The first-order valence-corrected chi connectivity index (χ1v) is 7.62. The molecule has 0 bridgehead atoms. The summed E-state index contributed by atoms with van der Waals surface area (Å²) in [5, 5.41) is 2.54. The summed E-state index contributed by atoms with van der Waals surface area (Å²) in [5.41, 5.74) is 6.42. The zero-order chi connectivity index (χ0) is 14.9. The van der Waals surface area contributed by atoms with Crippen LogP contribution in [0.5, 0.6) is 11.5 Å². The molecule has 1 atom stereocenters. The highest BCUT2D eigenvalue weighted by molar-refractivity contribution is 7.88. The molecule has 8 nitrogen and oxygen atoms in total. The molecule has 1 aromatic carbocycles. The van der Waals surface area contributed by atoms with Crippen molar-refractivity contribution in [1.82, 2.24) is 4.72 Å². The van der Waals surface area contributed by atoms with Crippen LogP contribution in [0.4, 0.5) is 11.4 Å². The first kappa shape index (κ1) is 14.4. The van der Waals surface area contributed by atoms with Crippen LogP contribution in [0.2, 0.25) is 0 Å². The summed E-state index contributed by atoms with van der Waals surface area (Å²) in [6.45, 7) is 1.53. The Bertz CT molecular complexity index is 644. The van der Waals surface area contributed by atoms with Gasteiger partial charge in [0, 0.05) is 12.1 Å². The Morgan fingerprint density at radius 3 is 2.55 bits per heavy atom. The lowest BCUT2D eigenvalue weighted by Crippen LogP contribution is -2.41. The molecule has 110 valence electrons. The zero-order valence-electron chi connectivity index (χ0n) is 11.0. The lowest BCUT2D eigenvalue weighted by Gasteiger charge is -2.14. The van der Waals surface area contributed by atoms with E-state index in [-0.39, 0.29) is 6.79 Å². The fourth-order valence-electron chi connectivity index (χ4n) is 1.68. The maximum Gasteiger partial charge on any atom is 0.242 e. The summed E-state index contributed by atoms with van der Waals surface area (Å²) in [4.78, 5) is 11.9. The first-order chi connectivity index (χ1) is 9.26. The molecular formula is C11H15N3O5S. The fraction of sp³-hybridized carbons (Fsp3) is 0.364. The molecule has 9 heteroatoms. The van der Waals surface area contributed by atoms with Gasteiger partial charge < -0.3 is 20.5 Å². The highest BCUT2D eigenvalue weighted by Crippen LogP contribution is 2.38. The molecule has 0 fully saturated rings. The standard InChI is InChI=1S/C11H15N3O5S/c1-6(14-20(2,16)17)11(15)13-8-4-10-9(3-7(8)12)18-5-19-10/h3-4,6,14H,5,12H2,1-2H3,(H,13,15). The first-order valence-electron chi connectivity index (χ1n) is 5.73. The van der Waals surface area contributed by atoms with Crippen LogP contribution in [0.1, 0.15) is 6.92 Å². The molecule has 1 unspecified atom stereocenters. The monoisotopic (exact) mass is 301 g/mol. The quantitative estimate of drug-likeness (QED) is 0.667. The number of rotatable bonds is 4. The van der Waals surface area contributed by atoms with E-state index >= 15 is 0 Å². The van der Waals surface area contributed by atoms with Gasteiger partial charge in [-0.15, -0.1) is 0 Å². The summed E-state index contributed by atoms with van der Waals surface area (Å²) < 4.78 is 34.6. The number of benzene rings is 1. The van der Waals surface area contributed by atoms with Gasteiger partial charge in [0.25, 0.3) is 0 Å². The maximum absolute atomic E-state index is 11.9. The average Bonchev–Trinajstić information content (AvgIpc) is 2.74. The Kier molecular flexibility index (Phi) is 3.73. The average molecular weight is 301 g/mol. The van der Waals surface area contributed by atoms with Crippen LogP contribution in [0, 0.1) is 0 Å². The van der Waals surface area contributed by atoms with Gasteiger partial charge in [-0.3, -0.25) is 4.79 Å². The smallest absolute Gasteiger partial charge is 0.242 e. The summed E-state index contributed by atoms with van der Waals surface area (Å²) in [7, 11) is -3.47. The second-order valence-electron chi connectivity index (χ2n) is 4.39. The van der Waals surface area contributed by atoms with Crippen molar-refractivity contribution < 1.29 is 22.7 Å². The zero-order valence-corrected chi connectivity index (χ0v) is 11.8. The van der Waals surface area contributed by atoms with Crippen molar-refractivity contribution in [3.63, 3.8) is 0 Å². The lowest BCUT2D eigenvalue weighted by atomic mass is 10.2. The Morgan fingerprint density at radius 1 is 1.35 bits per heavy atom. The molecule has 0 saturated heterocycles. The molecule has 1 heterocycles. The number of sulfonamides is 1. The molecule has 0 saturated carbocycles. The Hall–Kier alpha value is -2.00. The van der Waals surface area contributed by atoms with Gasteiger partial charge in [-0.25, -0.2) is 13.1 Å². The minimum absolute atomic E-state index is 0.0954. The van der Waals surface area contributed by atoms with E-state index < -0.39 is 22.0 Å². The van der Waals surface area contributed by atoms with Crippen molar-refractivity contribution in [1.29, 1.82) is 0 Å². The van der Waals surface area contributed by atoms with Crippen molar-refractivity contribution in [2.75, 3.05) is 24.1 Å². The highest BCUT2D eigenvalue weighted by Gasteiger charge is 2.20. The number of carbonyl (C=O) groups excluding carboxylic acids is 1. The predicted molar refractivity (Wildman–Crippen MR) is 73.0 cm³/mol. The second kappa shape index (κ2) is 5.17. The maximum atomic E-state index is 11.9. The Labute approximate surface area is 116 Å². The number of fused-ring (bicyclic) bond motifs is 1. The van der Waals surface area contributed by atoms with E-state index in [2.05, 4.69) is 10.0 Å². The molecule has 0 radical (unpaired) electrons. The van der Waals surface area contributed by atoms with Crippen LogP contribution >= 0.6 is 0 Å². The largest absolute Gasteiger partial charge is 0.454 e.